The number of hydrogen-bond donors (Lipinski definition) is 1. The number of nitrogens with zero attached hydrogens (tertiary/aromatic N) is 3. The van der Waals surface area contributed by atoms with Gasteiger partial charge in [0, 0.05) is 38.0 Å². The van der Waals surface area contributed by atoms with Gasteiger partial charge in [-0.05, 0) is 30.3 Å². The largest absolute Gasteiger partial charge is 0.383 e. The third-order valence-electron chi connectivity index (χ3n) is 4.74. The molecule has 0 unspecified atom stereocenters. The molecule has 0 radical (unpaired) electrons. The van der Waals surface area contributed by atoms with Gasteiger partial charge >= 0.3 is 0 Å². The van der Waals surface area contributed by atoms with Crippen LogP contribution in [0, 0.1) is 0 Å². The van der Waals surface area contributed by atoms with E-state index in [4.69, 9.17) is 9.72 Å². The lowest BCUT2D eigenvalue weighted by Crippen LogP contribution is -2.35. The first kappa shape index (κ1) is 16.8. The van der Waals surface area contributed by atoms with Gasteiger partial charge in [-0.25, -0.2) is 4.98 Å². The van der Waals surface area contributed by atoms with Crippen LogP contribution in [0.4, 0.5) is 5.69 Å². The van der Waals surface area contributed by atoms with Gasteiger partial charge in [-0.15, -0.1) is 0 Å². The topological polar surface area (TPSA) is 59.4 Å². The normalized spacial score (nSPS) is 14.3. The maximum Gasteiger partial charge on any atom is 0.255 e. The Labute approximate surface area is 152 Å². The monoisotopic (exact) mass is 350 g/mol. The van der Waals surface area contributed by atoms with E-state index >= 15 is 0 Å². The van der Waals surface area contributed by atoms with Gasteiger partial charge in [0.05, 0.1) is 24.2 Å². The van der Waals surface area contributed by atoms with Crippen LogP contribution in [0.2, 0.25) is 0 Å². The second-order valence-corrected chi connectivity index (χ2v) is 6.47. The predicted molar refractivity (Wildman–Crippen MR) is 101 cm³/mol. The fourth-order valence-electron chi connectivity index (χ4n) is 3.35. The highest BCUT2D eigenvalue weighted by atomic mass is 16.5. The molecular weight excluding hydrogens is 328 g/mol. The standard InChI is InChI=1S/C20H22N4O2/c1-26-12-11-23-9-10-24-18-8-7-16(13-17(18)22-19(24)14-23)21-20(25)15-5-3-2-4-6-15/h2-8,13H,9-12,14H2,1H3,(H,21,25). The quantitative estimate of drug-likeness (QED) is 0.769. The Morgan fingerprint density at radius 2 is 2.04 bits per heavy atom. The van der Waals surface area contributed by atoms with Gasteiger partial charge in [0.15, 0.2) is 0 Å². The molecule has 0 aliphatic carbocycles. The summed E-state index contributed by atoms with van der Waals surface area (Å²) in [6.07, 6.45) is 0. The van der Waals surface area contributed by atoms with Crippen molar-refractivity contribution in [3.05, 3.63) is 59.9 Å². The van der Waals surface area contributed by atoms with Crippen molar-refractivity contribution < 1.29 is 9.53 Å². The molecule has 6 heteroatoms. The fourth-order valence-corrected chi connectivity index (χ4v) is 3.35. The van der Waals surface area contributed by atoms with Gasteiger partial charge in [-0.2, -0.15) is 0 Å². The Balaban J connectivity index is 1.54. The molecule has 0 bridgehead atoms. The first-order valence-electron chi connectivity index (χ1n) is 8.81. The molecule has 0 saturated heterocycles. The molecule has 0 spiro atoms. The van der Waals surface area contributed by atoms with Crippen molar-refractivity contribution in [1.82, 2.24) is 14.5 Å². The molecule has 1 amide bonds. The molecule has 1 aromatic heterocycles. The number of carbonyl (C=O) groups is 1. The summed E-state index contributed by atoms with van der Waals surface area (Å²) >= 11 is 0. The summed E-state index contributed by atoms with van der Waals surface area (Å²) in [5.74, 6) is 0.952. The van der Waals surface area contributed by atoms with Gasteiger partial charge in [0.1, 0.15) is 5.82 Å². The Morgan fingerprint density at radius 1 is 1.19 bits per heavy atom. The smallest absolute Gasteiger partial charge is 0.255 e. The number of nitrogens with one attached hydrogen (secondary N) is 1. The molecule has 1 aliphatic rings. The molecule has 0 saturated carbocycles. The van der Waals surface area contributed by atoms with Crippen LogP contribution in [0.5, 0.6) is 0 Å². The number of fused-ring (bicyclic) bond motifs is 3. The summed E-state index contributed by atoms with van der Waals surface area (Å²) in [5.41, 5.74) is 3.44. The highest BCUT2D eigenvalue weighted by molar-refractivity contribution is 6.04. The molecule has 26 heavy (non-hydrogen) atoms. The number of aromatic nitrogens is 2. The highest BCUT2D eigenvalue weighted by Gasteiger charge is 2.20. The van der Waals surface area contributed by atoms with Crippen LogP contribution in [0.3, 0.4) is 0 Å². The van der Waals surface area contributed by atoms with Crippen LogP contribution in [-0.4, -0.2) is 47.2 Å². The molecule has 2 heterocycles. The zero-order valence-corrected chi connectivity index (χ0v) is 14.8. The average molecular weight is 350 g/mol. The van der Waals surface area contributed by atoms with E-state index in [-0.39, 0.29) is 5.91 Å². The summed E-state index contributed by atoms with van der Waals surface area (Å²) in [6.45, 7) is 4.39. The summed E-state index contributed by atoms with van der Waals surface area (Å²) < 4.78 is 7.44. The number of anilines is 1. The van der Waals surface area contributed by atoms with Crippen LogP contribution in [0.15, 0.2) is 48.5 Å². The number of methoxy groups -OCH3 is 1. The van der Waals surface area contributed by atoms with Crippen molar-refractivity contribution >= 4 is 22.6 Å². The maximum atomic E-state index is 12.3. The van der Waals surface area contributed by atoms with E-state index in [0.29, 0.717) is 5.56 Å². The molecule has 1 N–H and O–H groups in total. The maximum absolute atomic E-state index is 12.3. The number of imidazole rings is 1. The minimum atomic E-state index is -0.111. The number of benzene rings is 2. The Kier molecular flexibility index (Phi) is 4.69. The lowest BCUT2D eigenvalue weighted by molar-refractivity contribution is 0.102. The Hall–Kier alpha value is -2.70. The van der Waals surface area contributed by atoms with Crippen molar-refractivity contribution in [2.45, 2.75) is 13.1 Å². The summed E-state index contributed by atoms with van der Waals surface area (Å²) in [6, 6.07) is 15.1. The third-order valence-corrected chi connectivity index (χ3v) is 4.74. The Morgan fingerprint density at radius 3 is 2.85 bits per heavy atom. The highest BCUT2D eigenvalue weighted by Crippen LogP contribution is 2.24. The molecule has 3 aromatic rings. The second-order valence-electron chi connectivity index (χ2n) is 6.47. The third kappa shape index (κ3) is 3.34. The minimum Gasteiger partial charge on any atom is -0.383 e. The molecule has 2 aromatic carbocycles. The van der Waals surface area contributed by atoms with E-state index in [9.17, 15) is 4.79 Å². The number of hydrogen-bond acceptors (Lipinski definition) is 4. The van der Waals surface area contributed by atoms with Gasteiger partial charge in [-0.1, -0.05) is 18.2 Å². The lowest BCUT2D eigenvalue weighted by Gasteiger charge is -2.27. The number of carbonyl (C=O) groups excluding carboxylic acids is 1. The van der Waals surface area contributed by atoms with Crippen molar-refractivity contribution in [2.75, 3.05) is 32.1 Å². The van der Waals surface area contributed by atoms with Crippen LogP contribution in [0.25, 0.3) is 11.0 Å². The van der Waals surface area contributed by atoms with Crippen LogP contribution in [0.1, 0.15) is 16.2 Å². The molecule has 6 nitrogen and oxygen atoms in total. The van der Waals surface area contributed by atoms with Crippen LogP contribution >= 0.6 is 0 Å². The SMILES string of the molecule is COCCN1CCn2c(nc3cc(NC(=O)c4ccccc4)ccc32)C1. The molecule has 0 atom stereocenters. The fraction of sp³-hybridized carbons (Fsp3) is 0.300. The minimum absolute atomic E-state index is 0.111. The molecule has 1 aliphatic heterocycles. The second kappa shape index (κ2) is 7.27. The van der Waals surface area contributed by atoms with Crippen LogP contribution in [-0.2, 0) is 17.8 Å². The van der Waals surface area contributed by atoms with Crippen molar-refractivity contribution in [3.63, 3.8) is 0 Å². The van der Waals surface area contributed by atoms with E-state index < -0.39 is 0 Å². The van der Waals surface area contributed by atoms with Crippen molar-refractivity contribution in [2.24, 2.45) is 0 Å². The first-order chi connectivity index (χ1) is 12.7. The van der Waals surface area contributed by atoms with Gasteiger partial charge in [0.2, 0.25) is 0 Å². The summed E-state index contributed by atoms with van der Waals surface area (Å²) in [5, 5.41) is 2.95. The van der Waals surface area contributed by atoms with E-state index in [1.165, 1.54) is 0 Å². The molecular formula is C20H22N4O2. The van der Waals surface area contributed by atoms with Crippen molar-refractivity contribution in [1.29, 1.82) is 0 Å². The summed E-state index contributed by atoms with van der Waals surface area (Å²) in [7, 11) is 1.73. The number of rotatable bonds is 5. The predicted octanol–water partition coefficient (Wildman–Crippen LogP) is 2.75. The van der Waals surface area contributed by atoms with E-state index in [1.807, 2.05) is 36.4 Å². The van der Waals surface area contributed by atoms with Gasteiger partial charge < -0.3 is 14.6 Å². The molecule has 0 fully saturated rings. The van der Waals surface area contributed by atoms with Gasteiger partial charge in [0.25, 0.3) is 5.91 Å². The van der Waals surface area contributed by atoms with E-state index in [2.05, 4.69) is 14.8 Å². The zero-order valence-electron chi connectivity index (χ0n) is 14.8. The van der Waals surface area contributed by atoms with Crippen LogP contribution < -0.4 is 5.32 Å². The average Bonchev–Trinajstić information content (AvgIpc) is 3.03. The zero-order chi connectivity index (χ0) is 17.9. The first-order valence-corrected chi connectivity index (χ1v) is 8.81. The van der Waals surface area contributed by atoms with E-state index in [1.54, 1.807) is 19.2 Å². The molecule has 4 rings (SSSR count). The number of ether oxygens (including phenoxy) is 1. The summed E-state index contributed by atoms with van der Waals surface area (Å²) in [4.78, 5) is 19.5. The molecule has 134 valence electrons. The lowest BCUT2D eigenvalue weighted by atomic mass is 10.2. The van der Waals surface area contributed by atoms with E-state index in [0.717, 1.165) is 55.3 Å². The number of amides is 1. The van der Waals surface area contributed by atoms with Crippen molar-refractivity contribution in [3.8, 4) is 0 Å². The van der Waals surface area contributed by atoms with Gasteiger partial charge in [-0.3, -0.25) is 9.69 Å². The Bertz CT molecular complexity index is 920.